The summed E-state index contributed by atoms with van der Waals surface area (Å²) in [6.07, 6.45) is 3.21. The number of aliphatic hydroxyl groups is 1. The van der Waals surface area contributed by atoms with Crippen molar-refractivity contribution >= 4 is 5.97 Å². The monoisotopic (exact) mass is 526 g/mol. The Morgan fingerprint density at radius 1 is 1.05 bits per heavy atom. The summed E-state index contributed by atoms with van der Waals surface area (Å²) in [5.74, 6) is 1.58. The summed E-state index contributed by atoms with van der Waals surface area (Å²) in [5.41, 5.74) is 4.92. The summed E-state index contributed by atoms with van der Waals surface area (Å²) in [4.78, 5) is 16.8. The van der Waals surface area contributed by atoms with Crippen molar-refractivity contribution in [3.05, 3.63) is 95.9 Å². The molecule has 1 aromatic heterocycles. The molecule has 1 aliphatic rings. The fourth-order valence-corrected chi connectivity index (χ4v) is 5.18. The Labute approximate surface area is 228 Å². The summed E-state index contributed by atoms with van der Waals surface area (Å²) >= 11 is 0. The zero-order valence-corrected chi connectivity index (χ0v) is 22.1. The molecule has 4 aromatic rings. The minimum Gasteiger partial charge on any atom is -0.482 e. The third-order valence-electron chi connectivity index (χ3n) is 6.96. The molecule has 3 aromatic carbocycles. The maximum absolute atomic E-state index is 11.9. The van der Waals surface area contributed by atoms with Gasteiger partial charge in [-0.3, -0.25) is 5.32 Å². The summed E-state index contributed by atoms with van der Waals surface area (Å²) < 4.78 is 17.3. The molecular formula is C32H34N2O5. The lowest BCUT2D eigenvalue weighted by molar-refractivity contribution is -0.145. The standard InChI is InChI=1S/C32H34N2O5/c1-2-37-29(36)21-38-28-18-10-15-24-25(28)16-9-17-26(24)33-27(19-20-35)32-34-30(22-11-5-3-6-12-22)31(39-32)23-13-7-4-8-14-23/h3-8,10-15,18,26-27,33,35H,2,9,16-17,19-21H2,1H3. The second-order valence-electron chi connectivity index (χ2n) is 9.56. The van der Waals surface area contributed by atoms with Crippen LogP contribution in [0, 0.1) is 0 Å². The summed E-state index contributed by atoms with van der Waals surface area (Å²) in [7, 11) is 0. The van der Waals surface area contributed by atoms with Crippen LogP contribution in [0.5, 0.6) is 5.75 Å². The van der Waals surface area contributed by atoms with Gasteiger partial charge < -0.3 is 19.0 Å². The number of oxazole rings is 1. The van der Waals surface area contributed by atoms with Crippen LogP contribution < -0.4 is 10.1 Å². The quantitative estimate of drug-likeness (QED) is 0.230. The number of nitrogens with zero attached hydrogens (tertiary/aromatic N) is 1. The molecule has 39 heavy (non-hydrogen) atoms. The van der Waals surface area contributed by atoms with E-state index in [9.17, 15) is 9.90 Å². The zero-order valence-electron chi connectivity index (χ0n) is 22.1. The van der Waals surface area contributed by atoms with Gasteiger partial charge in [0.15, 0.2) is 12.4 Å². The van der Waals surface area contributed by atoms with Gasteiger partial charge in [0, 0.05) is 23.8 Å². The van der Waals surface area contributed by atoms with E-state index in [0.717, 1.165) is 47.2 Å². The van der Waals surface area contributed by atoms with Crippen molar-refractivity contribution in [2.24, 2.45) is 0 Å². The first kappa shape index (κ1) is 26.7. The van der Waals surface area contributed by atoms with Gasteiger partial charge in [-0.05, 0) is 49.8 Å². The van der Waals surface area contributed by atoms with E-state index in [-0.39, 0.29) is 31.3 Å². The van der Waals surface area contributed by atoms with Crippen molar-refractivity contribution in [2.75, 3.05) is 19.8 Å². The van der Waals surface area contributed by atoms with Crippen LogP contribution in [0.25, 0.3) is 22.6 Å². The van der Waals surface area contributed by atoms with E-state index in [1.807, 2.05) is 72.8 Å². The van der Waals surface area contributed by atoms with E-state index >= 15 is 0 Å². The number of nitrogens with one attached hydrogen (secondary N) is 1. The molecule has 2 unspecified atom stereocenters. The zero-order chi connectivity index (χ0) is 27.0. The van der Waals surface area contributed by atoms with Gasteiger partial charge in [0.05, 0.1) is 12.6 Å². The van der Waals surface area contributed by atoms with Crippen LogP contribution in [0.4, 0.5) is 0 Å². The second-order valence-corrected chi connectivity index (χ2v) is 9.56. The second kappa shape index (κ2) is 12.7. The van der Waals surface area contributed by atoms with E-state index in [1.165, 1.54) is 0 Å². The van der Waals surface area contributed by atoms with Crippen molar-refractivity contribution in [1.82, 2.24) is 10.3 Å². The van der Waals surface area contributed by atoms with Gasteiger partial charge in [-0.25, -0.2) is 9.78 Å². The molecule has 1 heterocycles. The van der Waals surface area contributed by atoms with Gasteiger partial charge in [-0.1, -0.05) is 72.8 Å². The Balaban J connectivity index is 1.44. The molecule has 2 atom stereocenters. The van der Waals surface area contributed by atoms with Crippen LogP contribution in [0.1, 0.15) is 55.3 Å². The Kier molecular flexibility index (Phi) is 8.71. The molecule has 7 heteroatoms. The Hall–Kier alpha value is -3.94. The number of carbonyl (C=O) groups excluding carboxylic acids is 1. The van der Waals surface area contributed by atoms with E-state index in [1.54, 1.807) is 6.92 Å². The van der Waals surface area contributed by atoms with Gasteiger partial charge in [0.2, 0.25) is 5.89 Å². The Morgan fingerprint density at radius 2 is 1.79 bits per heavy atom. The molecule has 0 radical (unpaired) electrons. The van der Waals surface area contributed by atoms with E-state index in [2.05, 4.69) is 11.4 Å². The first-order chi connectivity index (χ1) is 19.2. The van der Waals surface area contributed by atoms with Crippen molar-refractivity contribution in [3.63, 3.8) is 0 Å². The first-order valence-corrected chi connectivity index (χ1v) is 13.6. The topological polar surface area (TPSA) is 93.8 Å². The molecule has 0 amide bonds. The minimum atomic E-state index is -0.379. The minimum absolute atomic E-state index is 0.0103. The predicted octanol–water partition coefficient (Wildman–Crippen LogP) is 6.04. The average molecular weight is 527 g/mol. The third-order valence-corrected chi connectivity index (χ3v) is 6.96. The molecule has 0 aliphatic heterocycles. The largest absolute Gasteiger partial charge is 0.482 e. The van der Waals surface area contributed by atoms with Gasteiger partial charge in [0.1, 0.15) is 11.4 Å². The molecule has 202 valence electrons. The highest BCUT2D eigenvalue weighted by Gasteiger charge is 2.29. The number of esters is 1. The number of aliphatic hydroxyl groups excluding tert-OH is 1. The van der Waals surface area contributed by atoms with Crippen LogP contribution in [0.15, 0.2) is 83.3 Å². The number of ether oxygens (including phenoxy) is 2. The number of fused-ring (bicyclic) bond motifs is 1. The molecule has 1 aliphatic carbocycles. The third kappa shape index (κ3) is 6.21. The SMILES string of the molecule is CCOC(=O)COc1cccc2c1CCCC2NC(CCO)c1nc(-c2ccccc2)c(-c2ccccc2)o1. The average Bonchev–Trinajstić information content (AvgIpc) is 3.43. The first-order valence-electron chi connectivity index (χ1n) is 13.6. The van der Waals surface area contributed by atoms with E-state index in [4.69, 9.17) is 18.9 Å². The molecule has 0 saturated carbocycles. The fourth-order valence-electron chi connectivity index (χ4n) is 5.18. The molecule has 7 nitrogen and oxygen atoms in total. The van der Waals surface area contributed by atoms with Crippen molar-refractivity contribution < 1.29 is 23.8 Å². The smallest absolute Gasteiger partial charge is 0.344 e. The highest BCUT2D eigenvalue weighted by Crippen LogP contribution is 2.39. The molecule has 0 fully saturated rings. The normalized spacial score (nSPS) is 15.4. The summed E-state index contributed by atoms with van der Waals surface area (Å²) in [6.45, 7) is 1.98. The lowest BCUT2D eigenvalue weighted by atomic mass is 9.86. The maximum atomic E-state index is 11.9. The van der Waals surface area contributed by atoms with Crippen LogP contribution in [-0.2, 0) is 16.0 Å². The molecule has 0 bridgehead atoms. The van der Waals surface area contributed by atoms with Crippen molar-refractivity contribution in [1.29, 1.82) is 0 Å². The summed E-state index contributed by atoms with van der Waals surface area (Å²) in [5, 5.41) is 13.7. The lowest BCUT2D eigenvalue weighted by Crippen LogP contribution is -2.30. The van der Waals surface area contributed by atoms with Crippen LogP contribution in [0.3, 0.4) is 0 Å². The van der Waals surface area contributed by atoms with E-state index in [0.29, 0.717) is 30.4 Å². The van der Waals surface area contributed by atoms with Gasteiger partial charge in [-0.15, -0.1) is 0 Å². The molecule has 2 N–H and O–H groups in total. The number of aromatic nitrogens is 1. The summed E-state index contributed by atoms with van der Waals surface area (Å²) in [6, 6.07) is 25.6. The molecule has 0 spiro atoms. The molecule has 0 saturated heterocycles. The highest BCUT2D eigenvalue weighted by atomic mass is 16.6. The number of carbonyl (C=O) groups is 1. The lowest BCUT2D eigenvalue weighted by Gasteiger charge is -2.30. The number of hydrogen-bond donors (Lipinski definition) is 2. The van der Waals surface area contributed by atoms with Crippen molar-refractivity contribution in [3.8, 4) is 28.3 Å². The van der Waals surface area contributed by atoms with Gasteiger partial charge >= 0.3 is 5.97 Å². The van der Waals surface area contributed by atoms with Crippen LogP contribution in [0.2, 0.25) is 0 Å². The number of hydrogen-bond acceptors (Lipinski definition) is 7. The number of benzene rings is 3. The fraction of sp³-hybridized carbons (Fsp3) is 0.312. The van der Waals surface area contributed by atoms with Crippen LogP contribution >= 0.6 is 0 Å². The molecular weight excluding hydrogens is 492 g/mol. The van der Waals surface area contributed by atoms with Crippen LogP contribution in [-0.4, -0.2) is 35.9 Å². The number of rotatable bonds is 11. The highest BCUT2D eigenvalue weighted by molar-refractivity contribution is 5.76. The maximum Gasteiger partial charge on any atom is 0.344 e. The predicted molar refractivity (Wildman–Crippen MR) is 149 cm³/mol. The van der Waals surface area contributed by atoms with Crippen molar-refractivity contribution in [2.45, 2.75) is 44.7 Å². The molecule has 5 rings (SSSR count). The van der Waals surface area contributed by atoms with Gasteiger partial charge in [0.25, 0.3) is 0 Å². The Bertz CT molecular complexity index is 1310. The van der Waals surface area contributed by atoms with E-state index < -0.39 is 0 Å². The Morgan fingerprint density at radius 3 is 2.51 bits per heavy atom. The van der Waals surface area contributed by atoms with Gasteiger partial charge in [-0.2, -0.15) is 0 Å².